The first kappa shape index (κ1) is 33.1. The fourth-order valence-corrected chi connectivity index (χ4v) is 7.40. The number of likely N-dealkylation sites (N-methyl/N-ethyl adjacent to an activating group) is 2. The second-order valence-corrected chi connectivity index (χ2v) is 12.8. The monoisotopic (exact) mass is 623 g/mol. The molecule has 0 N–H and O–H groups in total. The van der Waals surface area contributed by atoms with Crippen LogP contribution in [0.2, 0.25) is 0 Å². The third-order valence-electron chi connectivity index (χ3n) is 6.22. The lowest BCUT2D eigenvalue weighted by molar-refractivity contribution is -0.0435. The number of hydrogen-bond acceptors (Lipinski definition) is 13. The third kappa shape index (κ3) is 11.9. The highest BCUT2D eigenvalue weighted by atomic mass is 32.2. The summed E-state index contributed by atoms with van der Waals surface area (Å²) in [5.74, 6) is 1.93. The van der Waals surface area contributed by atoms with Gasteiger partial charge in [-0.15, -0.1) is 23.5 Å². The minimum absolute atomic E-state index is 0.370. The normalized spacial score (nSPS) is 16.1. The van der Waals surface area contributed by atoms with Gasteiger partial charge in [-0.05, 0) is 63.6 Å². The number of ether oxygens (including phenoxy) is 2. The van der Waals surface area contributed by atoms with Gasteiger partial charge in [0.15, 0.2) is 0 Å². The van der Waals surface area contributed by atoms with Gasteiger partial charge in [0.25, 0.3) is 0 Å². The average molecular weight is 624 g/mol. The number of nitriles is 1. The zero-order valence-corrected chi connectivity index (χ0v) is 27.1. The molecule has 220 valence electrons. The molecule has 0 unspecified atom stereocenters. The highest BCUT2D eigenvalue weighted by molar-refractivity contribution is 7.99. The number of unbranched alkanes of at least 4 members (excludes halogenated alkanes) is 3. The maximum atomic E-state index is 8.49. The maximum Gasteiger partial charge on any atom is 0.146 e. The Morgan fingerprint density at radius 1 is 0.850 bits per heavy atom. The Labute approximate surface area is 256 Å². The highest BCUT2D eigenvalue weighted by Gasteiger charge is 2.18. The zero-order chi connectivity index (χ0) is 28.4. The van der Waals surface area contributed by atoms with Crippen molar-refractivity contribution in [1.82, 2.24) is 27.3 Å². The molecule has 0 amide bonds. The summed E-state index contributed by atoms with van der Waals surface area (Å²) in [4.78, 5) is 4.64. The predicted molar refractivity (Wildman–Crippen MR) is 168 cm³/mol. The highest BCUT2D eigenvalue weighted by Crippen LogP contribution is 2.30. The molecule has 2 aromatic heterocycles. The third-order valence-corrected chi connectivity index (χ3v) is 9.49. The molecule has 40 heavy (non-hydrogen) atoms. The number of aromatic nitrogens is 4. The van der Waals surface area contributed by atoms with E-state index in [1.807, 2.05) is 6.92 Å². The van der Waals surface area contributed by atoms with E-state index in [2.05, 4.69) is 59.6 Å². The van der Waals surface area contributed by atoms with Gasteiger partial charge in [0.05, 0.1) is 36.1 Å². The molecule has 2 aromatic rings. The van der Waals surface area contributed by atoms with Gasteiger partial charge in [0, 0.05) is 45.0 Å². The average Bonchev–Trinajstić information content (AvgIpc) is 3.63. The number of thioether (sulfide) groups is 2. The number of rotatable bonds is 15. The van der Waals surface area contributed by atoms with Crippen molar-refractivity contribution in [2.24, 2.45) is 0 Å². The lowest BCUT2D eigenvalue weighted by atomic mass is 10.1. The summed E-state index contributed by atoms with van der Waals surface area (Å²) in [6.45, 7) is 7.86. The summed E-state index contributed by atoms with van der Waals surface area (Å²) in [6.07, 6.45) is 10.7. The minimum atomic E-state index is 0.370. The summed E-state index contributed by atoms with van der Waals surface area (Å²) < 4.78 is 28.2. The van der Waals surface area contributed by atoms with Crippen molar-refractivity contribution < 1.29 is 9.47 Å². The van der Waals surface area contributed by atoms with Crippen LogP contribution in [0.15, 0.2) is 22.2 Å². The van der Waals surface area contributed by atoms with E-state index in [0.717, 1.165) is 91.2 Å². The fourth-order valence-electron chi connectivity index (χ4n) is 4.12. The van der Waals surface area contributed by atoms with E-state index >= 15 is 0 Å². The standard InChI is InChI=1S/C14H20N4S2.C13H21N3O2S2/c1-18-9-6-7-12(11-18)13-14(17-20-16-13)19-10-5-3-2-4-8-15;1-3-17-10-18-7-8-19-13-12(14-20-15-13)11-5-4-6-16(2)9-11/h7H,2-6,9-11H2,1H3;5H,3-4,6-10H2,1-2H3. The number of hydrogen-bond donors (Lipinski definition) is 0. The molecule has 0 saturated heterocycles. The van der Waals surface area contributed by atoms with Gasteiger partial charge in [0.1, 0.15) is 28.2 Å². The Balaban J connectivity index is 0.000000220. The first-order chi connectivity index (χ1) is 19.6. The van der Waals surface area contributed by atoms with Crippen LogP contribution >= 0.6 is 47.0 Å². The molecule has 0 saturated carbocycles. The minimum Gasteiger partial charge on any atom is -0.356 e. The molecule has 4 heterocycles. The van der Waals surface area contributed by atoms with E-state index in [4.69, 9.17) is 14.7 Å². The van der Waals surface area contributed by atoms with Crippen molar-refractivity contribution in [2.45, 2.75) is 55.5 Å². The SMILES string of the molecule is CCOCOCCSc1nsnc1C1=CCCN(C)C1.CN1CCC=C(c2nsnc2SCCCCCC#N)C1. The largest absolute Gasteiger partial charge is 0.356 e. The van der Waals surface area contributed by atoms with Crippen molar-refractivity contribution >= 4 is 58.1 Å². The number of nitrogens with zero attached hydrogens (tertiary/aromatic N) is 7. The van der Waals surface area contributed by atoms with Gasteiger partial charge in [-0.3, -0.25) is 0 Å². The molecule has 2 aliphatic heterocycles. The van der Waals surface area contributed by atoms with Crippen molar-refractivity contribution in [1.29, 1.82) is 5.26 Å². The predicted octanol–water partition coefficient (Wildman–Crippen LogP) is 5.79. The van der Waals surface area contributed by atoms with Crippen molar-refractivity contribution in [2.75, 3.05) is 71.8 Å². The van der Waals surface area contributed by atoms with Crippen LogP contribution in [0.3, 0.4) is 0 Å². The smallest absolute Gasteiger partial charge is 0.146 e. The van der Waals surface area contributed by atoms with Crippen molar-refractivity contribution in [3.05, 3.63) is 23.5 Å². The van der Waals surface area contributed by atoms with Gasteiger partial charge in [-0.1, -0.05) is 18.6 Å². The molecule has 0 fully saturated rings. The summed E-state index contributed by atoms with van der Waals surface area (Å²) in [5.41, 5.74) is 4.75. The molecule has 0 bridgehead atoms. The quantitative estimate of drug-likeness (QED) is 0.137. The second kappa shape index (κ2) is 19.7. The van der Waals surface area contributed by atoms with E-state index in [0.29, 0.717) is 26.4 Å². The molecular weight excluding hydrogens is 583 g/mol. The van der Waals surface area contributed by atoms with Gasteiger partial charge in [0.2, 0.25) is 0 Å². The first-order valence-electron chi connectivity index (χ1n) is 13.8. The van der Waals surface area contributed by atoms with E-state index in [1.54, 1.807) is 23.5 Å². The molecule has 0 aliphatic carbocycles. The van der Waals surface area contributed by atoms with Gasteiger partial charge in [-0.25, -0.2) is 0 Å². The van der Waals surface area contributed by atoms with Gasteiger partial charge in [-0.2, -0.15) is 22.8 Å². The van der Waals surface area contributed by atoms with Crippen LogP contribution in [0, 0.1) is 11.3 Å². The molecule has 0 spiro atoms. The van der Waals surface area contributed by atoms with E-state index < -0.39 is 0 Å². The van der Waals surface area contributed by atoms with Crippen LogP contribution in [0.1, 0.15) is 56.8 Å². The van der Waals surface area contributed by atoms with Gasteiger partial charge >= 0.3 is 0 Å². The van der Waals surface area contributed by atoms with Crippen LogP contribution in [0.5, 0.6) is 0 Å². The lowest BCUT2D eigenvalue weighted by Gasteiger charge is -2.22. The molecule has 9 nitrogen and oxygen atoms in total. The van der Waals surface area contributed by atoms with Crippen molar-refractivity contribution in [3.63, 3.8) is 0 Å². The second-order valence-electron chi connectivity index (χ2n) is 9.53. The molecule has 4 rings (SSSR count). The first-order valence-corrected chi connectivity index (χ1v) is 17.2. The molecule has 0 radical (unpaired) electrons. The summed E-state index contributed by atoms with van der Waals surface area (Å²) >= 11 is 6.10. The Hall–Kier alpha value is -1.37. The van der Waals surface area contributed by atoms with Gasteiger partial charge < -0.3 is 19.3 Å². The maximum absolute atomic E-state index is 8.49. The molecular formula is C27H41N7O2S4. The molecule has 13 heteroatoms. The summed E-state index contributed by atoms with van der Waals surface area (Å²) in [7, 11) is 4.29. The van der Waals surface area contributed by atoms with Crippen LogP contribution in [0.25, 0.3) is 11.1 Å². The Morgan fingerprint density at radius 2 is 1.45 bits per heavy atom. The molecule has 2 aliphatic rings. The zero-order valence-electron chi connectivity index (χ0n) is 23.8. The van der Waals surface area contributed by atoms with E-state index in [9.17, 15) is 0 Å². The topological polar surface area (TPSA) is 100 Å². The lowest BCUT2D eigenvalue weighted by Crippen LogP contribution is -2.25. The van der Waals surface area contributed by atoms with Crippen LogP contribution in [-0.4, -0.2) is 99.1 Å². The summed E-state index contributed by atoms with van der Waals surface area (Å²) in [5, 5.41) is 10.6. The Kier molecular flexibility index (Phi) is 16.3. The van der Waals surface area contributed by atoms with Crippen LogP contribution in [0.4, 0.5) is 0 Å². The van der Waals surface area contributed by atoms with Crippen LogP contribution < -0.4 is 0 Å². The Bertz CT molecular complexity index is 1100. The fraction of sp³-hybridized carbons (Fsp3) is 0.667. The summed E-state index contributed by atoms with van der Waals surface area (Å²) in [6, 6.07) is 2.19. The van der Waals surface area contributed by atoms with E-state index in [1.165, 1.54) is 34.6 Å². The van der Waals surface area contributed by atoms with E-state index in [-0.39, 0.29) is 0 Å². The molecule has 0 aromatic carbocycles. The van der Waals surface area contributed by atoms with Crippen LogP contribution in [-0.2, 0) is 9.47 Å². The molecule has 0 atom stereocenters. The van der Waals surface area contributed by atoms with Crippen molar-refractivity contribution in [3.8, 4) is 6.07 Å². The Morgan fingerprint density at radius 3 is 2.00 bits per heavy atom.